The minimum Gasteiger partial charge on any atom is -0.463 e. The summed E-state index contributed by atoms with van der Waals surface area (Å²) in [5, 5.41) is 0. The van der Waals surface area contributed by atoms with Crippen LogP contribution in [0.15, 0.2) is 24.3 Å². The van der Waals surface area contributed by atoms with Crippen LogP contribution in [0.2, 0.25) is 0 Å². The smallest absolute Gasteiger partial charge is 0.303 e. The van der Waals surface area contributed by atoms with Crippen molar-refractivity contribution in [3.8, 4) is 0 Å². The molecule has 5 nitrogen and oxygen atoms in total. The molecule has 0 saturated heterocycles. The van der Waals surface area contributed by atoms with Gasteiger partial charge in [0.15, 0.2) is 0 Å². The first kappa shape index (κ1) is 13.8. The lowest BCUT2D eigenvalue weighted by atomic mass is 9.84. The van der Waals surface area contributed by atoms with E-state index in [1.807, 2.05) is 18.2 Å². The molecule has 0 aromatic heterocycles. The Labute approximate surface area is 112 Å². The summed E-state index contributed by atoms with van der Waals surface area (Å²) < 4.78 is 10.6. The normalized spacial score (nSPS) is 29.7. The molecular formula is C14H19NO4. The standard InChI is InChI=1S/C14H19NO4/c1-11(16)18-10-14-7-3-4-8-15(14)9-5-6-13(14)19-12(2)17/h3,5-7,13H,4,8-10H2,1-2H3/t13-,14-/m0/s1. The van der Waals surface area contributed by atoms with Crippen LogP contribution in [-0.2, 0) is 19.1 Å². The highest BCUT2D eigenvalue weighted by Gasteiger charge is 2.46. The summed E-state index contributed by atoms with van der Waals surface area (Å²) in [7, 11) is 0. The Morgan fingerprint density at radius 2 is 2.11 bits per heavy atom. The predicted octanol–water partition coefficient (Wildman–Crippen LogP) is 1.05. The maximum absolute atomic E-state index is 11.3. The Balaban J connectivity index is 2.28. The number of ether oxygens (including phenoxy) is 2. The van der Waals surface area contributed by atoms with Gasteiger partial charge in [0.2, 0.25) is 0 Å². The number of fused-ring (bicyclic) bond motifs is 1. The van der Waals surface area contributed by atoms with Crippen molar-refractivity contribution in [2.75, 3.05) is 19.7 Å². The maximum Gasteiger partial charge on any atom is 0.303 e. The Morgan fingerprint density at radius 1 is 1.32 bits per heavy atom. The van der Waals surface area contributed by atoms with E-state index >= 15 is 0 Å². The second-order valence-electron chi connectivity index (χ2n) is 4.87. The van der Waals surface area contributed by atoms with Gasteiger partial charge >= 0.3 is 11.9 Å². The van der Waals surface area contributed by atoms with Crippen molar-refractivity contribution in [3.63, 3.8) is 0 Å². The van der Waals surface area contributed by atoms with E-state index in [4.69, 9.17) is 9.47 Å². The van der Waals surface area contributed by atoms with Gasteiger partial charge in [-0.1, -0.05) is 18.2 Å². The summed E-state index contributed by atoms with van der Waals surface area (Å²) >= 11 is 0. The van der Waals surface area contributed by atoms with Gasteiger partial charge < -0.3 is 9.47 Å². The molecule has 0 aliphatic carbocycles. The monoisotopic (exact) mass is 265 g/mol. The number of esters is 2. The Bertz CT molecular complexity index is 429. The molecule has 0 N–H and O–H groups in total. The molecule has 104 valence electrons. The van der Waals surface area contributed by atoms with Crippen molar-refractivity contribution < 1.29 is 19.1 Å². The van der Waals surface area contributed by atoms with Gasteiger partial charge in [-0.05, 0) is 12.5 Å². The van der Waals surface area contributed by atoms with Crippen molar-refractivity contribution in [1.29, 1.82) is 0 Å². The minimum atomic E-state index is -0.565. The largest absolute Gasteiger partial charge is 0.463 e. The Morgan fingerprint density at radius 3 is 2.79 bits per heavy atom. The fraction of sp³-hybridized carbons (Fsp3) is 0.571. The van der Waals surface area contributed by atoms with E-state index in [1.165, 1.54) is 13.8 Å². The molecule has 2 heterocycles. The van der Waals surface area contributed by atoms with Crippen molar-refractivity contribution in [2.45, 2.75) is 31.9 Å². The van der Waals surface area contributed by atoms with Crippen LogP contribution in [0.4, 0.5) is 0 Å². The highest BCUT2D eigenvalue weighted by atomic mass is 16.6. The van der Waals surface area contributed by atoms with Gasteiger partial charge in [0.1, 0.15) is 18.2 Å². The van der Waals surface area contributed by atoms with Crippen LogP contribution >= 0.6 is 0 Å². The van der Waals surface area contributed by atoms with Gasteiger partial charge in [-0.25, -0.2) is 0 Å². The molecule has 0 spiro atoms. The minimum absolute atomic E-state index is 0.196. The molecule has 0 saturated carbocycles. The van der Waals surface area contributed by atoms with Crippen LogP contribution in [0.5, 0.6) is 0 Å². The Kier molecular flexibility index (Phi) is 4.04. The van der Waals surface area contributed by atoms with E-state index in [1.54, 1.807) is 0 Å². The van der Waals surface area contributed by atoms with Gasteiger partial charge in [0.05, 0.1) is 0 Å². The summed E-state index contributed by atoms with van der Waals surface area (Å²) in [5.74, 6) is -0.665. The zero-order valence-electron chi connectivity index (χ0n) is 11.3. The number of hydrogen-bond acceptors (Lipinski definition) is 5. The van der Waals surface area contributed by atoms with E-state index in [0.717, 1.165) is 19.5 Å². The summed E-state index contributed by atoms with van der Waals surface area (Å²) in [6, 6.07) is 0. The summed E-state index contributed by atoms with van der Waals surface area (Å²) in [6.07, 6.45) is 8.43. The first-order valence-electron chi connectivity index (χ1n) is 6.44. The third-order valence-electron chi connectivity index (χ3n) is 3.49. The zero-order chi connectivity index (χ0) is 13.9. The zero-order valence-corrected chi connectivity index (χ0v) is 11.3. The van der Waals surface area contributed by atoms with E-state index in [2.05, 4.69) is 11.0 Å². The van der Waals surface area contributed by atoms with Gasteiger partial charge in [-0.3, -0.25) is 14.5 Å². The summed E-state index contributed by atoms with van der Waals surface area (Å²) in [6.45, 7) is 4.59. The van der Waals surface area contributed by atoms with Crippen LogP contribution in [-0.4, -0.2) is 48.2 Å². The molecule has 2 aliphatic heterocycles. The molecule has 2 atom stereocenters. The fourth-order valence-electron chi connectivity index (χ4n) is 2.60. The first-order chi connectivity index (χ1) is 9.04. The maximum atomic E-state index is 11.3. The van der Waals surface area contributed by atoms with E-state index < -0.39 is 11.6 Å². The van der Waals surface area contributed by atoms with Crippen LogP contribution in [0.25, 0.3) is 0 Å². The summed E-state index contributed by atoms with van der Waals surface area (Å²) in [5.41, 5.74) is -0.565. The molecule has 0 amide bonds. The van der Waals surface area contributed by atoms with Crippen LogP contribution in [0, 0.1) is 0 Å². The molecule has 0 aromatic rings. The average molecular weight is 265 g/mol. The molecule has 0 fully saturated rings. The highest BCUT2D eigenvalue weighted by Crippen LogP contribution is 2.32. The van der Waals surface area contributed by atoms with Crippen molar-refractivity contribution in [1.82, 2.24) is 4.90 Å². The van der Waals surface area contributed by atoms with Crippen molar-refractivity contribution >= 4 is 11.9 Å². The third kappa shape index (κ3) is 2.87. The molecule has 0 radical (unpaired) electrons. The van der Waals surface area contributed by atoms with Crippen LogP contribution < -0.4 is 0 Å². The van der Waals surface area contributed by atoms with Gasteiger partial charge in [-0.15, -0.1) is 0 Å². The lowest BCUT2D eigenvalue weighted by Crippen LogP contribution is -2.62. The average Bonchev–Trinajstić information content (AvgIpc) is 2.36. The fourth-order valence-corrected chi connectivity index (χ4v) is 2.60. The molecule has 0 bridgehead atoms. The molecular weight excluding hydrogens is 246 g/mol. The van der Waals surface area contributed by atoms with E-state index in [9.17, 15) is 9.59 Å². The number of carbonyl (C=O) groups is 2. The van der Waals surface area contributed by atoms with Gasteiger partial charge in [-0.2, -0.15) is 0 Å². The van der Waals surface area contributed by atoms with Crippen molar-refractivity contribution in [3.05, 3.63) is 24.3 Å². The number of carbonyl (C=O) groups excluding carboxylic acids is 2. The predicted molar refractivity (Wildman–Crippen MR) is 69.4 cm³/mol. The van der Waals surface area contributed by atoms with Crippen LogP contribution in [0.3, 0.4) is 0 Å². The molecule has 19 heavy (non-hydrogen) atoms. The van der Waals surface area contributed by atoms with Gasteiger partial charge in [0.25, 0.3) is 0 Å². The SMILES string of the molecule is CC(=O)OC[C@]12C=CCCN1CC=C[C@@H]2OC(C)=O. The molecule has 5 heteroatoms. The highest BCUT2D eigenvalue weighted by molar-refractivity contribution is 5.67. The second-order valence-corrected chi connectivity index (χ2v) is 4.87. The third-order valence-corrected chi connectivity index (χ3v) is 3.49. The lowest BCUT2D eigenvalue weighted by Gasteiger charge is -2.48. The van der Waals surface area contributed by atoms with Crippen molar-refractivity contribution in [2.24, 2.45) is 0 Å². The topological polar surface area (TPSA) is 55.8 Å². The number of hydrogen-bond donors (Lipinski definition) is 0. The molecule has 2 aliphatic rings. The number of rotatable bonds is 3. The number of nitrogens with zero attached hydrogens (tertiary/aromatic N) is 1. The van der Waals surface area contributed by atoms with E-state index in [0.29, 0.717) is 0 Å². The van der Waals surface area contributed by atoms with E-state index in [-0.39, 0.29) is 18.5 Å². The first-order valence-corrected chi connectivity index (χ1v) is 6.44. The van der Waals surface area contributed by atoms with Crippen LogP contribution in [0.1, 0.15) is 20.3 Å². The second kappa shape index (κ2) is 5.57. The molecule has 2 rings (SSSR count). The molecule has 0 aromatic carbocycles. The molecule has 0 unspecified atom stereocenters. The summed E-state index contributed by atoms with van der Waals surface area (Å²) in [4.78, 5) is 24.5. The van der Waals surface area contributed by atoms with Gasteiger partial charge in [0, 0.05) is 26.9 Å². The quantitative estimate of drug-likeness (QED) is 0.564. The Hall–Kier alpha value is -1.62. The lowest BCUT2D eigenvalue weighted by molar-refractivity contribution is -0.157.